The number of nitrogens with zero attached hydrogens (tertiary/aromatic N) is 4. The molecule has 0 bridgehead atoms. The Kier molecular flexibility index (Phi) is 4.27. The Bertz CT molecular complexity index is 547. The Morgan fingerprint density at radius 1 is 1.00 bits per heavy atom. The van der Waals surface area contributed by atoms with Gasteiger partial charge in [0.2, 0.25) is 0 Å². The minimum atomic E-state index is -0.280. The smallest absolute Gasteiger partial charge is 0.304 e. The van der Waals surface area contributed by atoms with Gasteiger partial charge in [0.1, 0.15) is 4.47 Å². The zero-order valence-corrected chi connectivity index (χ0v) is 13.1. The third-order valence-electron chi connectivity index (χ3n) is 3.69. The summed E-state index contributed by atoms with van der Waals surface area (Å²) in [7, 11) is 5.30. The van der Waals surface area contributed by atoms with E-state index in [2.05, 4.69) is 32.8 Å². The molecule has 0 spiro atoms. The van der Waals surface area contributed by atoms with E-state index >= 15 is 0 Å². The Balaban J connectivity index is 2.31. The highest BCUT2D eigenvalue weighted by Gasteiger charge is 2.19. The summed E-state index contributed by atoms with van der Waals surface area (Å²) < 4.78 is 3.15. The molecule has 0 radical (unpaired) electrons. The normalized spacial score (nSPS) is 17.9. The van der Waals surface area contributed by atoms with Crippen LogP contribution in [0.25, 0.3) is 0 Å². The minimum absolute atomic E-state index is 0.271. The van der Waals surface area contributed by atoms with Gasteiger partial charge < -0.3 is 4.90 Å². The van der Waals surface area contributed by atoms with Crippen LogP contribution in [0.15, 0.2) is 14.1 Å². The van der Waals surface area contributed by atoms with Gasteiger partial charge in [0.25, 0.3) is 5.56 Å². The molecule has 2 rings (SSSR count). The third-order valence-corrected chi connectivity index (χ3v) is 4.49. The van der Waals surface area contributed by atoms with Gasteiger partial charge in [-0.3, -0.25) is 18.8 Å². The summed E-state index contributed by atoms with van der Waals surface area (Å²) in [5.41, 5.74) is 0.196. The average Bonchev–Trinajstić information content (AvgIpc) is 2.41. The lowest BCUT2D eigenvalue weighted by molar-refractivity contribution is 0.145. The molecule has 1 aromatic rings. The molecule has 1 aliphatic heterocycles. The molecule has 1 aliphatic rings. The van der Waals surface area contributed by atoms with Crippen molar-refractivity contribution < 1.29 is 0 Å². The van der Waals surface area contributed by atoms with Gasteiger partial charge in [-0.15, -0.1) is 0 Å². The van der Waals surface area contributed by atoms with E-state index in [9.17, 15) is 9.59 Å². The van der Waals surface area contributed by atoms with E-state index in [-0.39, 0.29) is 11.2 Å². The standard InChI is InChI=1S/C12H19BrN4O2/c1-14-4-6-17(7-5-14)8-9-10(13)11(18)16(3)12(19)15(9)2/h4-8H2,1-3H3. The van der Waals surface area contributed by atoms with Crippen LogP contribution in [0.2, 0.25) is 0 Å². The maximum absolute atomic E-state index is 11.9. The number of rotatable bonds is 2. The fourth-order valence-electron chi connectivity index (χ4n) is 2.24. The van der Waals surface area contributed by atoms with Crippen molar-refractivity contribution in [1.29, 1.82) is 0 Å². The quantitative estimate of drug-likeness (QED) is 0.740. The molecule has 0 unspecified atom stereocenters. The minimum Gasteiger partial charge on any atom is -0.304 e. The number of aromatic nitrogens is 2. The summed E-state index contributed by atoms with van der Waals surface area (Å²) in [6.45, 7) is 4.54. The van der Waals surface area contributed by atoms with E-state index in [4.69, 9.17) is 0 Å². The van der Waals surface area contributed by atoms with Crippen molar-refractivity contribution in [2.75, 3.05) is 33.2 Å². The molecule has 0 N–H and O–H groups in total. The topological polar surface area (TPSA) is 50.5 Å². The Morgan fingerprint density at radius 3 is 2.16 bits per heavy atom. The van der Waals surface area contributed by atoms with Gasteiger partial charge in [-0.05, 0) is 23.0 Å². The monoisotopic (exact) mass is 330 g/mol. The number of likely N-dealkylation sites (N-methyl/N-ethyl adjacent to an activating group) is 1. The molecule has 1 aromatic heterocycles. The van der Waals surface area contributed by atoms with Crippen LogP contribution in [0.1, 0.15) is 5.69 Å². The van der Waals surface area contributed by atoms with Crippen LogP contribution < -0.4 is 11.2 Å². The van der Waals surface area contributed by atoms with Crippen LogP contribution in [0.4, 0.5) is 0 Å². The predicted octanol–water partition coefficient (Wildman–Crippen LogP) is -0.406. The maximum atomic E-state index is 11.9. The van der Waals surface area contributed by atoms with Gasteiger partial charge in [-0.25, -0.2) is 4.79 Å². The first-order valence-electron chi connectivity index (χ1n) is 6.27. The SMILES string of the molecule is CN1CCN(Cc2c(Br)c(=O)n(C)c(=O)n2C)CC1. The summed E-state index contributed by atoms with van der Waals surface area (Å²) in [4.78, 5) is 28.4. The molecule has 106 valence electrons. The molecule has 7 heteroatoms. The second-order valence-electron chi connectivity index (χ2n) is 5.05. The van der Waals surface area contributed by atoms with E-state index in [1.807, 2.05) is 0 Å². The van der Waals surface area contributed by atoms with Crippen molar-refractivity contribution in [3.05, 3.63) is 31.0 Å². The molecule has 1 saturated heterocycles. The fraction of sp³-hybridized carbons (Fsp3) is 0.667. The molecule has 0 atom stereocenters. The molecule has 19 heavy (non-hydrogen) atoms. The molecule has 0 saturated carbocycles. The molecular formula is C12H19BrN4O2. The Morgan fingerprint density at radius 2 is 1.58 bits per heavy atom. The number of hydrogen-bond donors (Lipinski definition) is 0. The van der Waals surface area contributed by atoms with Gasteiger partial charge in [0.05, 0.1) is 5.69 Å². The lowest BCUT2D eigenvalue weighted by Gasteiger charge is -2.32. The summed E-state index contributed by atoms with van der Waals surface area (Å²) >= 11 is 3.32. The number of halogens is 1. The van der Waals surface area contributed by atoms with Gasteiger partial charge in [-0.1, -0.05) is 0 Å². The van der Waals surface area contributed by atoms with Gasteiger partial charge in [0.15, 0.2) is 0 Å². The van der Waals surface area contributed by atoms with Crippen molar-refractivity contribution in [1.82, 2.24) is 18.9 Å². The summed E-state index contributed by atoms with van der Waals surface area (Å²) in [6.07, 6.45) is 0. The molecule has 2 heterocycles. The first-order valence-corrected chi connectivity index (χ1v) is 7.06. The summed E-state index contributed by atoms with van der Waals surface area (Å²) in [5, 5.41) is 0. The van der Waals surface area contributed by atoms with Crippen LogP contribution in [0, 0.1) is 0 Å². The lowest BCUT2D eigenvalue weighted by atomic mass is 10.3. The third kappa shape index (κ3) is 2.82. The second kappa shape index (κ2) is 5.60. The first kappa shape index (κ1) is 14.5. The van der Waals surface area contributed by atoms with Crippen molar-refractivity contribution in [2.24, 2.45) is 14.1 Å². The highest BCUT2D eigenvalue weighted by Crippen LogP contribution is 2.13. The van der Waals surface area contributed by atoms with Crippen LogP contribution >= 0.6 is 15.9 Å². The largest absolute Gasteiger partial charge is 0.330 e. The Labute approximate surface area is 120 Å². The fourth-order valence-corrected chi connectivity index (χ4v) is 2.90. The zero-order valence-electron chi connectivity index (χ0n) is 11.5. The highest BCUT2D eigenvalue weighted by molar-refractivity contribution is 9.10. The van der Waals surface area contributed by atoms with E-state index in [1.165, 1.54) is 7.05 Å². The molecule has 0 aliphatic carbocycles. The van der Waals surface area contributed by atoms with Gasteiger partial charge >= 0.3 is 5.69 Å². The average molecular weight is 331 g/mol. The van der Waals surface area contributed by atoms with E-state index < -0.39 is 0 Å². The number of piperazine rings is 1. The van der Waals surface area contributed by atoms with Crippen LogP contribution in [0.3, 0.4) is 0 Å². The van der Waals surface area contributed by atoms with Crippen molar-refractivity contribution in [3.63, 3.8) is 0 Å². The molecule has 6 nitrogen and oxygen atoms in total. The van der Waals surface area contributed by atoms with Gasteiger partial charge in [0, 0.05) is 46.8 Å². The molecule has 1 fully saturated rings. The van der Waals surface area contributed by atoms with Crippen LogP contribution in [0.5, 0.6) is 0 Å². The van der Waals surface area contributed by atoms with E-state index in [0.29, 0.717) is 11.0 Å². The number of hydrogen-bond acceptors (Lipinski definition) is 4. The second-order valence-corrected chi connectivity index (χ2v) is 5.84. The molecular weight excluding hydrogens is 312 g/mol. The van der Waals surface area contributed by atoms with Crippen molar-refractivity contribution in [3.8, 4) is 0 Å². The predicted molar refractivity (Wildman–Crippen MR) is 77.4 cm³/mol. The maximum Gasteiger partial charge on any atom is 0.330 e. The van der Waals surface area contributed by atoms with E-state index in [1.54, 1.807) is 11.6 Å². The van der Waals surface area contributed by atoms with Crippen LogP contribution in [-0.4, -0.2) is 52.2 Å². The summed E-state index contributed by atoms with van der Waals surface area (Å²) in [5.74, 6) is 0. The molecule has 0 amide bonds. The summed E-state index contributed by atoms with van der Waals surface area (Å²) in [6, 6.07) is 0. The first-order chi connectivity index (χ1) is 8.91. The lowest BCUT2D eigenvalue weighted by Crippen LogP contribution is -2.46. The highest BCUT2D eigenvalue weighted by atomic mass is 79.9. The van der Waals surface area contributed by atoms with E-state index in [0.717, 1.165) is 36.4 Å². The van der Waals surface area contributed by atoms with Crippen molar-refractivity contribution in [2.45, 2.75) is 6.54 Å². The zero-order chi connectivity index (χ0) is 14.2. The van der Waals surface area contributed by atoms with Gasteiger partial charge in [-0.2, -0.15) is 0 Å². The molecule has 0 aromatic carbocycles. The Hall–Kier alpha value is -0.920. The van der Waals surface area contributed by atoms with Crippen molar-refractivity contribution >= 4 is 15.9 Å². The van der Waals surface area contributed by atoms with Crippen LogP contribution in [-0.2, 0) is 20.6 Å².